The molecule has 1 saturated carbocycles. The molecule has 0 radical (unpaired) electrons. The molecule has 1 atom stereocenters. The third-order valence-electron chi connectivity index (χ3n) is 7.16. The van der Waals surface area contributed by atoms with Crippen LogP contribution in [0.4, 0.5) is 5.69 Å². The number of carbonyl (C=O) groups is 2. The van der Waals surface area contributed by atoms with Crippen molar-refractivity contribution in [3.8, 4) is 0 Å². The maximum absolute atomic E-state index is 14.2. The Morgan fingerprint density at radius 3 is 2.15 bits per heavy atom. The fraction of sp³-hybridized carbons (Fsp3) is 0.333. The first kappa shape index (κ1) is 31.3. The van der Waals surface area contributed by atoms with Gasteiger partial charge in [0.15, 0.2) is 0 Å². The standard InChI is InChI=1S/C30H32BrCl2N3O4S/c1-41(39,40)36(24-16-14-22(31)15-17-24)20-29(37)35(19-25-26(32)12-7-13-27(25)33)28(18-21-8-3-2-4-9-21)30(38)34-23-10-5-6-11-23/h2-4,7-9,12-17,23,28H,5-6,10-11,18-20H2,1H3,(H,34,38)/t28-/m0/s1. The first-order valence-electron chi connectivity index (χ1n) is 13.3. The molecule has 3 aromatic carbocycles. The average Bonchev–Trinajstić information content (AvgIpc) is 3.44. The predicted molar refractivity (Wildman–Crippen MR) is 168 cm³/mol. The van der Waals surface area contributed by atoms with Gasteiger partial charge in [0.1, 0.15) is 12.6 Å². The minimum atomic E-state index is -3.85. The average molecular weight is 681 g/mol. The van der Waals surface area contributed by atoms with Crippen molar-refractivity contribution in [3.05, 3.63) is 98.4 Å². The van der Waals surface area contributed by atoms with Gasteiger partial charge in [-0.3, -0.25) is 13.9 Å². The normalized spacial score (nSPS) is 14.4. The smallest absolute Gasteiger partial charge is 0.244 e. The largest absolute Gasteiger partial charge is 0.352 e. The number of nitrogens with zero attached hydrogens (tertiary/aromatic N) is 2. The van der Waals surface area contributed by atoms with E-state index in [4.69, 9.17) is 23.2 Å². The summed E-state index contributed by atoms with van der Waals surface area (Å²) in [6.07, 6.45) is 5.08. The van der Waals surface area contributed by atoms with E-state index in [2.05, 4.69) is 21.2 Å². The molecule has 2 amide bonds. The summed E-state index contributed by atoms with van der Waals surface area (Å²) >= 11 is 16.4. The molecule has 0 spiro atoms. The van der Waals surface area contributed by atoms with Crippen molar-refractivity contribution in [3.63, 3.8) is 0 Å². The lowest BCUT2D eigenvalue weighted by Gasteiger charge is -2.34. The molecule has 0 heterocycles. The molecule has 1 aliphatic rings. The SMILES string of the molecule is CS(=O)(=O)N(CC(=O)N(Cc1c(Cl)cccc1Cl)[C@@H](Cc1ccccc1)C(=O)NC1CCCC1)c1ccc(Br)cc1. The highest BCUT2D eigenvalue weighted by atomic mass is 79.9. The fourth-order valence-corrected chi connectivity index (χ4v) is 6.63. The molecule has 218 valence electrons. The van der Waals surface area contributed by atoms with Crippen LogP contribution < -0.4 is 9.62 Å². The quantitative estimate of drug-likeness (QED) is 0.261. The van der Waals surface area contributed by atoms with Gasteiger partial charge in [0.2, 0.25) is 21.8 Å². The number of nitrogens with one attached hydrogen (secondary N) is 1. The summed E-state index contributed by atoms with van der Waals surface area (Å²) in [7, 11) is -3.85. The Morgan fingerprint density at radius 1 is 0.951 bits per heavy atom. The first-order chi connectivity index (χ1) is 19.5. The maximum atomic E-state index is 14.2. The van der Waals surface area contributed by atoms with E-state index in [9.17, 15) is 18.0 Å². The number of amides is 2. The van der Waals surface area contributed by atoms with Gasteiger partial charge in [0, 0.05) is 39.1 Å². The highest BCUT2D eigenvalue weighted by Gasteiger charge is 2.35. The van der Waals surface area contributed by atoms with Crippen LogP contribution in [-0.4, -0.2) is 50.0 Å². The molecule has 4 rings (SSSR count). The monoisotopic (exact) mass is 679 g/mol. The number of anilines is 1. The van der Waals surface area contributed by atoms with E-state index in [1.54, 1.807) is 42.5 Å². The van der Waals surface area contributed by atoms with Gasteiger partial charge in [0.25, 0.3) is 0 Å². The molecule has 11 heteroatoms. The fourth-order valence-electron chi connectivity index (χ4n) is 5.00. The first-order valence-corrected chi connectivity index (χ1v) is 16.7. The third-order valence-corrected chi connectivity index (χ3v) is 9.53. The van der Waals surface area contributed by atoms with Crippen LogP contribution in [0, 0.1) is 0 Å². The number of carbonyl (C=O) groups excluding carboxylic acids is 2. The van der Waals surface area contributed by atoms with Gasteiger partial charge in [-0.1, -0.05) is 88.4 Å². The number of hydrogen-bond acceptors (Lipinski definition) is 4. The van der Waals surface area contributed by atoms with Gasteiger partial charge in [-0.15, -0.1) is 0 Å². The molecular formula is C30H32BrCl2N3O4S. The molecule has 0 bridgehead atoms. The molecule has 0 saturated heterocycles. The summed E-state index contributed by atoms with van der Waals surface area (Å²) in [5.74, 6) is -0.858. The summed E-state index contributed by atoms with van der Waals surface area (Å²) in [4.78, 5) is 29.5. The molecule has 1 aliphatic carbocycles. The lowest BCUT2D eigenvalue weighted by molar-refractivity contribution is -0.140. The number of hydrogen-bond donors (Lipinski definition) is 1. The van der Waals surface area contributed by atoms with Crippen LogP contribution in [0.5, 0.6) is 0 Å². The molecule has 0 aromatic heterocycles. The highest BCUT2D eigenvalue weighted by molar-refractivity contribution is 9.10. The molecule has 41 heavy (non-hydrogen) atoms. The van der Waals surface area contributed by atoms with Crippen molar-refractivity contribution in [1.29, 1.82) is 0 Å². The Bertz CT molecular complexity index is 1450. The van der Waals surface area contributed by atoms with Crippen molar-refractivity contribution in [2.75, 3.05) is 17.1 Å². The lowest BCUT2D eigenvalue weighted by Crippen LogP contribution is -2.54. The number of halogens is 3. The van der Waals surface area contributed by atoms with E-state index >= 15 is 0 Å². The van der Waals surface area contributed by atoms with E-state index < -0.39 is 28.5 Å². The van der Waals surface area contributed by atoms with Crippen LogP contribution in [-0.2, 0) is 32.6 Å². The Labute approximate surface area is 260 Å². The molecule has 1 N–H and O–H groups in total. The van der Waals surface area contributed by atoms with Crippen LogP contribution in [0.2, 0.25) is 10.0 Å². The number of rotatable bonds is 11. The Kier molecular flexibility index (Phi) is 10.7. The second kappa shape index (κ2) is 14.1. The van der Waals surface area contributed by atoms with Crippen molar-refractivity contribution in [1.82, 2.24) is 10.2 Å². The van der Waals surface area contributed by atoms with Crippen molar-refractivity contribution in [2.24, 2.45) is 0 Å². The van der Waals surface area contributed by atoms with Crippen LogP contribution in [0.1, 0.15) is 36.8 Å². The van der Waals surface area contributed by atoms with Gasteiger partial charge >= 0.3 is 0 Å². The second-order valence-electron chi connectivity index (χ2n) is 10.2. The van der Waals surface area contributed by atoms with Gasteiger partial charge in [-0.05, 0) is 54.8 Å². The zero-order valence-corrected chi connectivity index (χ0v) is 26.5. The molecule has 7 nitrogen and oxygen atoms in total. The van der Waals surface area contributed by atoms with E-state index in [1.165, 1.54) is 4.90 Å². The van der Waals surface area contributed by atoms with Crippen molar-refractivity contribution < 1.29 is 18.0 Å². The van der Waals surface area contributed by atoms with Gasteiger partial charge in [0.05, 0.1) is 11.9 Å². The lowest BCUT2D eigenvalue weighted by atomic mass is 10.0. The zero-order chi connectivity index (χ0) is 29.6. The second-order valence-corrected chi connectivity index (χ2v) is 13.8. The predicted octanol–water partition coefficient (Wildman–Crippen LogP) is 6.22. The van der Waals surface area contributed by atoms with E-state index in [-0.39, 0.29) is 24.9 Å². The topological polar surface area (TPSA) is 86.8 Å². The van der Waals surface area contributed by atoms with E-state index in [0.29, 0.717) is 21.3 Å². The molecule has 1 fully saturated rings. The summed E-state index contributed by atoms with van der Waals surface area (Å²) in [5, 5.41) is 3.83. The third kappa shape index (κ3) is 8.47. The van der Waals surface area contributed by atoms with Gasteiger partial charge < -0.3 is 10.2 Å². The molecule has 3 aromatic rings. The Hall–Kier alpha value is -2.59. The maximum Gasteiger partial charge on any atom is 0.244 e. The molecular weight excluding hydrogens is 649 g/mol. The minimum absolute atomic E-state index is 0.0249. The summed E-state index contributed by atoms with van der Waals surface area (Å²) in [6.45, 7) is -0.588. The van der Waals surface area contributed by atoms with Crippen LogP contribution in [0.3, 0.4) is 0 Å². The van der Waals surface area contributed by atoms with Gasteiger partial charge in [-0.25, -0.2) is 8.42 Å². The summed E-state index contributed by atoms with van der Waals surface area (Å²) < 4.78 is 27.6. The van der Waals surface area contributed by atoms with Gasteiger partial charge in [-0.2, -0.15) is 0 Å². The summed E-state index contributed by atoms with van der Waals surface area (Å²) in [5.41, 5.74) is 1.66. The number of sulfonamides is 1. The molecule has 0 unspecified atom stereocenters. The molecule has 0 aliphatic heterocycles. The van der Waals surface area contributed by atoms with Crippen LogP contribution in [0.15, 0.2) is 77.3 Å². The Balaban J connectivity index is 1.75. The summed E-state index contributed by atoms with van der Waals surface area (Å²) in [6, 6.07) is 20.2. The van der Waals surface area contributed by atoms with Crippen LogP contribution >= 0.6 is 39.1 Å². The van der Waals surface area contributed by atoms with Crippen molar-refractivity contribution in [2.45, 2.75) is 50.7 Å². The van der Waals surface area contributed by atoms with E-state index in [0.717, 1.165) is 46.3 Å². The van der Waals surface area contributed by atoms with Crippen molar-refractivity contribution >= 4 is 66.7 Å². The highest BCUT2D eigenvalue weighted by Crippen LogP contribution is 2.28. The number of benzene rings is 3. The zero-order valence-electron chi connectivity index (χ0n) is 22.6. The minimum Gasteiger partial charge on any atom is -0.352 e. The van der Waals surface area contributed by atoms with Crippen LogP contribution in [0.25, 0.3) is 0 Å². The van der Waals surface area contributed by atoms with E-state index in [1.807, 2.05) is 30.3 Å². The Morgan fingerprint density at radius 2 is 1.56 bits per heavy atom.